The number of allylic oxidation sites excluding steroid dienone is 3. The van der Waals surface area contributed by atoms with Gasteiger partial charge in [0.2, 0.25) is 0 Å². The fourth-order valence-corrected chi connectivity index (χ4v) is 4.03. The average molecular weight is 363 g/mol. The summed E-state index contributed by atoms with van der Waals surface area (Å²) >= 11 is 0. The highest BCUT2D eigenvalue weighted by molar-refractivity contribution is 5.53. The molecule has 1 aliphatic carbocycles. The Morgan fingerprint density at radius 3 is 2.30 bits per heavy atom. The van der Waals surface area contributed by atoms with Crippen molar-refractivity contribution in [2.75, 3.05) is 0 Å². The summed E-state index contributed by atoms with van der Waals surface area (Å²) < 4.78 is 0. The highest BCUT2D eigenvalue weighted by Gasteiger charge is 2.18. The first kappa shape index (κ1) is 21.6. The van der Waals surface area contributed by atoms with Crippen LogP contribution in [0.3, 0.4) is 0 Å². The summed E-state index contributed by atoms with van der Waals surface area (Å²) in [5.74, 6) is 8.06. The molecule has 1 fully saturated rings. The third kappa shape index (κ3) is 9.14. The molecule has 0 aliphatic heterocycles. The first-order valence-corrected chi connectivity index (χ1v) is 11.2. The van der Waals surface area contributed by atoms with Gasteiger partial charge in [0.05, 0.1) is 0 Å². The van der Waals surface area contributed by atoms with E-state index in [1.165, 1.54) is 75.3 Å². The molecule has 2 rings (SSSR count). The lowest BCUT2D eigenvalue weighted by Gasteiger charge is -2.26. The van der Waals surface area contributed by atoms with Gasteiger partial charge in [-0.2, -0.15) is 0 Å². The molecule has 0 heteroatoms. The first-order valence-electron chi connectivity index (χ1n) is 11.2. The van der Waals surface area contributed by atoms with Crippen LogP contribution in [0.25, 0.3) is 6.08 Å². The van der Waals surface area contributed by atoms with Crippen LogP contribution in [0, 0.1) is 23.7 Å². The fourth-order valence-electron chi connectivity index (χ4n) is 4.03. The van der Waals surface area contributed by atoms with E-state index in [0.717, 1.165) is 18.3 Å². The standard InChI is InChI=1S/C27H38/c1-3-5-6-9-13-25-20-22-27(23-21-25)15-11-8-7-10-14-26-18-16-24(12-4-2)17-19-26/h10-11,14-19,25,27H,3-6,9,12-13,20-23H2,1-2H3/t25-,27-. The molecule has 0 aromatic heterocycles. The Morgan fingerprint density at radius 1 is 0.852 bits per heavy atom. The van der Waals surface area contributed by atoms with Crippen molar-refractivity contribution in [1.29, 1.82) is 0 Å². The van der Waals surface area contributed by atoms with Gasteiger partial charge in [-0.1, -0.05) is 94.6 Å². The van der Waals surface area contributed by atoms with E-state index in [-0.39, 0.29) is 0 Å². The Labute approximate surface area is 168 Å². The van der Waals surface area contributed by atoms with Crippen LogP contribution in [0.1, 0.15) is 89.2 Å². The molecule has 0 heterocycles. The zero-order valence-electron chi connectivity index (χ0n) is 17.6. The predicted molar refractivity (Wildman–Crippen MR) is 121 cm³/mol. The Hall–Kier alpha value is -1.74. The smallest absolute Gasteiger partial charge is 0.0109 e. The van der Waals surface area contributed by atoms with Crippen molar-refractivity contribution in [3.8, 4) is 11.8 Å². The van der Waals surface area contributed by atoms with Crippen LogP contribution >= 0.6 is 0 Å². The first-order chi connectivity index (χ1) is 13.3. The summed E-state index contributed by atoms with van der Waals surface area (Å²) in [6.45, 7) is 4.51. The van der Waals surface area contributed by atoms with Gasteiger partial charge in [-0.3, -0.25) is 0 Å². The lowest BCUT2D eigenvalue weighted by molar-refractivity contribution is 0.289. The average Bonchev–Trinajstić information content (AvgIpc) is 2.70. The minimum Gasteiger partial charge on any atom is -0.0730 e. The Kier molecular flexibility index (Phi) is 10.7. The number of hydrogen-bond donors (Lipinski definition) is 0. The second-order valence-corrected chi connectivity index (χ2v) is 8.10. The van der Waals surface area contributed by atoms with E-state index < -0.39 is 0 Å². The molecule has 0 N–H and O–H groups in total. The quantitative estimate of drug-likeness (QED) is 0.308. The third-order valence-corrected chi connectivity index (χ3v) is 5.77. The maximum Gasteiger partial charge on any atom is -0.0109 e. The van der Waals surface area contributed by atoms with Gasteiger partial charge in [0.25, 0.3) is 0 Å². The van der Waals surface area contributed by atoms with E-state index in [0.29, 0.717) is 0 Å². The van der Waals surface area contributed by atoms with E-state index in [1.807, 2.05) is 6.08 Å². The minimum absolute atomic E-state index is 0.751. The van der Waals surface area contributed by atoms with Crippen molar-refractivity contribution in [2.45, 2.75) is 84.5 Å². The van der Waals surface area contributed by atoms with Crippen molar-refractivity contribution in [3.05, 3.63) is 53.6 Å². The summed E-state index contributed by atoms with van der Waals surface area (Å²) in [4.78, 5) is 0. The zero-order chi connectivity index (χ0) is 19.2. The molecule has 0 unspecified atom stereocenters. The molecule has 1 aliphatic rings. The van der Waals surface area contributed by atoms with Crippen molar-refractivity contribution in [1.82, 2.24) is 0 Å². The summed E-state index contributed by atoms with van der Waals surface area (Å²) in [5, 5.41) is 0. The van der Waals surface area contributed by atoms with Crippen LogP contribution in [0.5, 0.6) is 0 Å². The van der Waals surface area contributed by atoms with Crippen molar-refractivity contribution in [3.63, 3.8) is 0 Å². The van der Waals surface area contributed by atoms with Crippen molar-refractivity contribution in [2.24, 2.45) is 11.8 Å². The molecule has 1 aromatic carbocycles. The van der Waals surface area contributed by atoms with Gasteiger partial charge in [-0.05, 0) is 73.3 Å². The number of benzene rings is 1. The van der Waals surface area contributed by atoms with E-state index in [4.69, 9.17) is 0 Å². The van der Waals surface area contributed by atoms with Crippen LogP contribution < -0.4 is 0 Å². The normalized spacial score (nSPS) is 20.1. The highest BCUT2D eigenvalue weighted by Crippen LogP contribution is 2.32. The SMILES string of the molecule is CCCCCC[C@H]1CC[C@H](C=CC#CC=Cc2ccc(CCC)cc2)CC1. The number of rotatable bonds is 9. The van der Waals surface area contributed by atoms with Gasteiger partial charge in [-0.25, -0.2) is 0 Å². The Bertz CT molecular complexity index is 612. The van der Waals surface area contributed by atoms with Gasteiger partial charge >= 0.3 is 0 Å². The number of unbranched alkanes of at least 4 members (excludes halogenated alkanes) is 3. The number of hydrogen-bond acceptors (Lipinski definition) is 0. The molecule has 1 saturated carbocycles. The molecule has 0 saturated heterocycles. The molecule has 0 amide bonds. The van der Waals surface area contributed by atoms with Crippen LogP contribution in [0.2, 0.25) is 0 Å². The second-order valence-electron chi connectivity index (χ2n) is 8.10. The fraction of sp³-hybridized carbons (Fsp3) is 0.556. The van der Waals surface area contributed by atoms with E-state index in [9.17, 15) is 0 Å². The van der Waals surface area contributed by atoms with Crippen molar-refractivity contribution < 1.29 is 0 Å². The van der Waals surface area contributed by atoms with E-state index in [1.54, 1.807) is 0 Å². The molecule has 27 heavy (non-hydrogen) atoms. The monoisotopic (exact) mass is 362 g/mol. The van der Waals surface area contributed by atoms with Gasteiger partial charge in [0.15, 0.2) is 0 Å². The zero-order valence-corrected chi connectivity index (χ0v) is 17.6. The molecule has 146 valence electrons. The van der Waals surface area contributed by atoms with Gasteiger partial charge in [0.1, 0.15) is 0 Å². The molecule has 1 aromatic rings. The topological polar surface area (TPSA) is 0 Å². The summed E-state index contributed by atoms with van der Waals surface area (Å²) in [7, 11) is 0. The molecular formula is C27H38. The largest absolute Gasteiger partial charge is 0.0730 e. The molecule has 0 bridgehead atoms. The van der Waals surface area contributed by atoms with Crippen LogP contribution in [0.15, 0.2) is 42.5 Å². The van der Waals surface area contributed by atoms with E-state index >= 15 is 0 Å². The minimum atomic E-state index is 0.751. The maximum atomic E-state index is 3.18. The van der Waals surface area contributed by atoms with Gasteiger partial charge < -0.3 is 0 Å². The van der Waals surface area contributed by atoms with Crippen molar-refractivity contribution >= 4 is 6.08 Å². The Balaban J connectivity index is 1.65. The Morgan fingerprint density at radius 2 is 1.59 bits per heavy atom. The third-order valence-electron chi connectivity index (χ3n) is 5.77. The van der Waals surface area contributed by atoms with Crippen LogP contribution in [-0.2, 0) is 6.42 Å². The van der Waals surface area contributed by atoms with Crippen LogP contribution in [-0.4, -0.2) is 0 Å². The van der Waals surface area contributed by atoms with E-state index in [2.05, 4.69) is 68.2 Å². The molecule has 0 atom stereocenters. The molecule has 0 radical (unpaired) electrons. The maximum absolute atomic E-state index is 3.18. The highest BCUT2D eigenvalue weighted by atomic mass is 14.2. The van der Waals surface area contributed by atoms with Gasteiger partial charge in [0, 0.05) is 0 Å². The molecule has 0 spiro atoms. The van der Waals surface area contributed by atoms with Crippen LogP contribution in [0.4, 0.5) is 0 Å². The summed E-state index contributed by atoms with van der Waals surface area (Å²) in [6, 6.07) is 8.80. The summed E-state index contributed by atoms with van der Waals surface area (Å²) in [6.07, 6.45) is 23.5. The summed E-state index contributed by atoms with van der Waals surface area (Å²) in [5.41, 5.74) is 2.64. The van der Waals surface area contributed by atoms with Gasteiger partial charge in [-0.15, -0.1) is 0 Å². The molecule has 0 nitrogen and oxygen atoms in total. The second kappa shape index (κ2) is 13.4. The predicted octanol–water partition coefficient (Wildman–Crippen LogP) is 7.99. The lowest BCUT2D eigenvalue weighted by atomic mass is 9.79. The molecular weight excluding hydrogens is 324 g/mol. The lowest BCUT2D eigenvalue weighted by Crippen LogP contribution is -2.12. The number of aryl methyl sites for hydroxylation is 1.